The van der Waals surface area contributed by atoms with Gasteiger partial charge in [0.25, 0.3) is 0 Å². The zero-order valence-electron chi connectivity index (χ0n) is 19.9. The first-order valence-corrected chi connectivity index (χ1v) is 12.7. The van der Waals surface area contributed by atoms with E-state index in [0.29, 0.717) is 29.9 Å². The number of carbonyl (C=O) groups excluding carboxylic acids is 1. The summed E-state index contributed by atoms with van der Waals surface area (Å²) in [5, 5.41) is 8.01. The van der Waals surface area contributed by atoms with Crippen LogP contribution >= 0.6 is 11.3 Å². The van der Waals surface area contributed by atoms with Crippen molar-refractivity contribution in [2.75, 3.05) is 18.0 Å². The van der Waals surface area contributed by atoms with E-state index in [2.05, 4.69) is 30.3 Å². The molecule has 1 fully saturated rings. The summed E-state index contributed by atoms with van der Waals surface area (Å²) in [7, 11) is 0. The standard InChI is InChI=1S/C17H18FN5.C9H8N2OS.H2/c1-12-5-6-13(9-15(12)18)23-10-14-16(21-23)19-11-20-17(14)22-7-3-2-4-8-22;12-5-10-4-7-1-2-9-8(3-7)11-6-13-9;/h5-6,9-11H,2-4,7-8H2,1H3;1-3,5-6H,4H2,(H,10,12);1H. The van der Waals surface area contributed by atoms with Gasteiger partial charge >= 0.3 is 0 Å². The van der Waals surface area contributed by atoms with Gasteiger partial charge in [-0.1, -0.05) is 12.1 Å². The van der Waals surface area contributed by atoms with Crippen LogP contribution in [0.15, 0.2) is 54.4 Å². The molecule has 5 aromatic rings. The number of anilines is 1. The van der Waals surface area contributed by atoms with Gasteiger partial charge in [0.2, 0.25) is 6.41 Å². The molecule has 4 heterocycles. The molecule has 0 atom stereocenters. The number of nitrogens with one attached hydrogen (secondary N) is 1. The van der Waals surface area contributed by atoms with Crippen molar-refractivity contribution in [2.45, 2.75) is 32.7 Å². The van der Waals surface area contributed by atoms with Crippen molar-refractivity contribution in [1.82, 2.24) is 30.0 Å². The van der Waals surface area contributed by atoms with Crippen LogP contribution < -0.4 is 10.2 Å². The number of fused-ring (bicyclic) bond motifs is 2. The van der Waals surface area contributed by atoms with Gasteiger partial charge in [-0.3, -0.25) is 4.79 Å². The van der Waals surface area contributed by atoms with Crippen molar-refractivity contribution < 1.29 is 10.6 Å². The Morgan fingerprint density at radius 1 is 1.11 bits per heavy atom. The topological polar surface area (TPSA) is 88.8 Å². The second-order valence-electron chi connectivity index (χ2n) is 8.64. The molecule has 8 nitrogen and oxygen atoms in total. The van der Waals surface area contributed by atoms with Crippen LogP contribution in [0.5, 0.6) is 0 Å². The van der Waals surface area contributed by atoms with Gasteiger partial charge in [0.1, 0.15) is 18.0 Å². The molecule has 1 N–H and O–H groups in total. The first-order chi connectivity index (χ1) is 17.6. The lowest BCUT2D eigenvalue weighted by molar-refractivity contribution is -0.109. The third-order valence-electron chi connectivity index (χ3n) is 6.16. The molecule has 6 rings (SSSR count). The maximum Gasteiger partial charge on any atom is 0.207 e. The van der Waals surface area contributed by atoms with E-state index in [1.54, 1.807) is 35.3 Å². The van der Waals surface area contributed by atoms with Crippen molar-refractivity contribution >= 4 is 44.8 Å². The number of aryl methyl sites for hydroxylation is 1. The lowest BCUT2D eigenvalue weighted by Gasteiger charge is -2.27. The van der Waals surface area contributed by atoms with Crippen LogP contribution in [0.3, 0.4) is 0 Å². The van der Waals surface area contributed by atoms with Gasteiger partial charge in [-0.15, -0.1) is 16.4 Å². The molecule has 186 valence electrons. The largest absolute Gasteiger partial charge is 0.356 e. The first-order valence-electron chi connectivity index (χ1n) is 11.8. The van der Waals surface area contributed by atoms with Gasteiger partial charge < -0.3 is 10.2 Å². The highest BCUT2D eigenvalue weighted by Gasteiger charge is 2.17. The second-order valence-corrected chi connectivity index (χ2v) is 9.53. The second kappa shape index (κ2) is 10.8. The predicted molar refractivity (Wildman–Crippen MR) is 142 cm³/mol. The quantitative estimate of drug-likeness (QED) is 0.337. The van der Waals surface area contributed by atoms with E-state index >= 15 is 0 Å². The average molecular weight is 506 g/mol. The smallest absolute Gasteiger partial charge is 0.207 e. The minimum atomic E-state index is -0.232. The molecule has 0 saturated carbocycles. The number of piperidine rings is 1. The van der Waals surface area contributed by atoms with E-state index in [-0.39, 0.29) is 7.24 Å². The molecule has 3 aromatic heterocycles. The summed E-state index contributed by atoms with van der Waals surface area (Å²) < 4.78 is 16.7. The van der Waals surface area contributed by atoms with Gasteiger partial charge in [-0.05, 0) is 61.6 Å². The average Bonchev–Trinajstić information content (AvgIpc) is 3.56. The number of aromatic nitrogens is 5. The summed E-state index contributed by atoms with van der Waals surface area (Å²) in [4.78, 5) is 25.3. The number of carbonyl (C=O) groups is 1. The fourth-order valence-electron chi connectivity index (χ4n) is 4.21. The fraction of sp³-hybridized carbons (Fsp3) is 0.269. The van der Waals surface area contributed by atoms with Gasteiger partial charge in [0, 0.05) is 27.3 Å². The molecule has 0 spiro atoms. The minimum Gasteiger partial charge on any atom is -0.356 e. The Bertz CT molecular complexity index is 1500. The van der Waals surface area contributed by atoms with Crippen molar-refractivity contribution in [2.24, 2.45) is 0 Å². The number of nitrogens with zero attached hydrogens (tertiary/aromatic N) is 6. The highest BCUT2D eigenvalue weighted by atomic mass is 32.1. The van der Waals surface area contributed by atoms with Gasteiger partial charge in [-0.2, -0.15) is 0 Å². The van der Waals surface area contributed by atoms with Crippen molar-refractivity contribution in [3.05, 3.63) is 71.4 Å². The minimum absolute atomic E-state index is 0. The van der Waals surface area contributed by atoms with E-state index in [1.165, 1.54) is 30.0 Å². The third-order valence-corrected chi connectivity index (χ3v) is 6.97. The van der Waals surface area contributed by atoms with Crippen LogP contribution in [0.25, 0.3) is 26.9 Å². The van der Waals surface area contributed by atoms with Gasteiger partial charge in [-0.25, -0.2) is 24.0 Å². The highest BCUT2D eigenvalue weighted by molar-refractivity contribution is 7.16. The summed E-state index contributed by atoms with van der Waals surface area (Å²) in [5.41, 5.74) is 5.85. The summed E-state index contributed by atoms with van der Waals surface area (Å²) in [5.74, 6) is 0.693. The molecule has 1 saturated heterocycles. The molecule has 0 radical (unpaired) electrons. The number of hydrogen-bond donors (Lipinski definition) is 1. The van der Waals surface area contributed by atoms with E-state index in [4.69, 9.17) is 0 Å². The molecule has 1 aliphatic rings. The highest BCUT2D eigenvalue weighted by Crippen LogP contribution is 2.26. The molecule has 2 aromatic carbocycles. The molecule has 0 aliphatic carbocycles. The molecular formula is C26H28FN7OS. The van der Waals surface area contributed by atoms with Crippen molar-refractivity contribution in [3.63, 3.8) is 0 Å². The van der Waals surface area contributed by atoms with Crippen LogP contribution in [-0.4, -0.2) is 44.2 Å². The van der Waals surface area contributed by atoms with E-state index in [9.17, 15) is 9.18 Å². The summed E-state index contributed by atoms with van der Waals surface area (Å²) in [6.07, 6.45) is 7.78. The predicted octanol–water partition coefficient (Wildman–Crippen LogP) is 5.04. The number of benzene rings is 2. The number of halogens is 1. The normalized spacial score (nSPS) is 13.4. The van der Waals surface area contributed by atoms with Gasteiger partial charge in [0.05, 0.1) is 26.8 Å². The summed E-state index contributed by atoms with van der Waals surface area (Å²) in [6.45, 7) is 4.34. The summed E-state index contributed by atoms with van der Waals surface area (Å²) in [6, 6.07) is 11.1. The zero-order valence-corrected chi connectivity index (χ0v) is 20.7. The molecule has 1 aliphatic heterocycles. The van der Waals surface area contributed by atoms with Crippen LogP contribution in [0.2, 0.25) is 0 Å². The molecular weight excluding hydrogens is 477 g/mol. The van der Waals surface area contributed by atoms with Crippen LogP contribution in [0.1, 0.15) is 31.8 Å². The maximum atomic E-state index is 13.8. The lowest BCUT2D eigenvalue weighted by Crippen LogP contribution is -2.30. The number of rotatable bonds is 5. The van der Waals surface area contributed by atoms with E-state index in [0.717, 1.165) is 35.4 Å². The molecule has 1 amide bonds. The lowest BCUT2D eigenvalue weighted by atomic mass is 10.1. The Morgan fingerprint density at radius 3 is 2.78 bits per heavy atom. The Balaban J connectivity index is 0.000000195. The third kappa shape index (κ3) is 5.18. The van der Waals surface area contributed by atoms with E-state index < -0.39 is 0 Å². The number of amides is 1. The molecule has 36 heavy (non-hydrogen) atoms. The Kier molecular flexibility index (Phi) is 7.13. The molecule has 10 heteroatoms. The zero-order chi connectivity index (χ0) is 24.9. The Morgan fingerprint density at radius 2 is 1.97 bits per heavy atom. The van der Waals surface area contributed by atoms with Crippen molar-refractivity contribution in [3.8, 4) is 5.69 Å². The van der Waals surface area contributed by atoms with Crippen molar-refractivity contribution in [1.29, 1.82) is 0 Å². The van der Waals surface area contributed by atoms with Crippen LogP contribution in [-0.2, 0) is 11.3 Å². The van der Waals surface area contributed by atoms with Crippen LogP contribution in [0.4, 0.5) is 10.2 Å². The van der Waals surface area contributed by atoms with Crippen LogP contribution in [0, 0.1) is 12.7 Å². The number of hydrogen-bond acceptors (Lipinski definition) is 7. The van der Waals surface area contributed by atoms with Gasteiger partial charge in [0.15, 0.2) is 5.65 Å². The molecule has 0 bridgehead atoms. The summed E-state index contributed by atoms with van der Waals surface area (Å²) >= 11 is 1.62. The maximum absolute atomic E-state index is 13.8. The number of thiazole rings is 1. The first kappa shape index (κ1) is 23.8. The van der Waals surface area contributed by atoms with E-state index in [1.807, 2.05) is 36.0 Å². The Hall–Kier alpha value is -3.92. The molecule has 0 unspecified atom stereocenters. The monoisotopic (exact) mass is 505 g/mol. The fourth-order valence-corrected chi connectivity index (χ4v) is 4.87. The SMILES string of the molecule is Cc1ccc(-n2cc3c(N4CCCCC4)ncnc3n2)cc1F.O=CNCc1ccc2scnc2c1.[HH]. The Labute approximate surface area is 213 Å².